The Hall–Kier alpha value is -1.92. The highest BCUT2D eigenvalue weighted by atomic mass is 35.5. The number of rotatable bonds is 3. The summed E-state index contributed by atoms with van der Waals surface area (Å²) in [5.74, 6) is 0.739. The molecule has 8 heteroatoms. The number of nitrogens with one attached hydrogen (secondary N) is 1. The first-order valence-corrected chi connectivity index (χ1v) is 8.14. The van der Waals surface area contributed by atoms with Crippen LogP contribution >= 0.6 is 23.2 Å². The highest BCUT2D eigenvalue weighted by Crippen LogP contribution is 2.36. The fraction of sp³-hybridized carbons (Fsp3) is 0.333. The van der Waals surface area contributed by atoms with Crippen LogP contribution in [0.3, 0.4) is 0 Å². The molecule has 0 amide bonds. The highest BCUT2D eigenvalue weighted by Gasteiger charge is 2.27. The zero-order valence-electron chi connectivity index (χ0n) is 12.1. The lowest BCUT2D eigenvalue weighted by molar-refractivity contribution is 0.408. The van der Waals surface area contributed by atoms with Crippen LogP contribution in [0.5, 0.6) is 0 Å². The zero-order chi connectivity index (χ0) is 16.0. The first kappa shape index (κ1) is 14.7. The van der Waals surface area contributed by atoms with Crippen molar-refractivity contribution < 1.29 is 0 Å². The Morgan fingerprint density at radius 3 is 2.83 bits per heavy atom. The van der Waals surface area contributed by atoms with Gasteiger partial charge in [0.1, 0.15) is 11.5 Å². The van der Waals surface area contributed by atoms with E-state index in [1.165, 1.54) is 17.3 Å². The summed E-state index contributed by atoms with van der Waals surface area (Å²) in [6.45, 7) is 0. The van der Waals surface area contributed by atoms with Gasteiger partial charge in [-0.25, -0.2) is 15.0 Å². The number of H-pyrrole nitrogens is 1. The summed E-state index contributed by atoms with van der Waals surface area (Å²) >= 11 is 11.9. The van der Waals surface area contributed by atoms with Crippen molar-refractivity contribution in [3.8, 4) is 0 Å². The summed E-state index contributed by atoms with van der Waals surface area (Å²) in [5, 5.41) is 3.44. The molecule has 23 heavy (non-hydrogen) atoms. The normalized spacial score (nSPS) is 15.0. The fourth-order valence-corrected chi connectivity index (χ4v) is 3.15. The molecule has 0 aliphatic heterocycles. The van der Waals surface area contributed by atoms with Crippen LogP contribution in [-0.2, 0) is 6.42 Å². The third kappa shape index (κ3) is 2.52. The van der Waals surface area contributed by atoms with Gasteiger partial charge in [-0.3, -0.25) is 9.89 Å². The highest BCUT2D eigenvalue weighted by molar-refractivity contribution is 6.41. The van der Waals surface area contributed by atoms with Crippen molar-refractivity contribution in [3.63, 3.8) is 0 Å². The molecule has 0 unspecified atom stereocenters. The van der Waals surface area contributed by atoms with Crippen LogP contribution in [0.4, 0.5) is 0 Å². The van der Waals surface area contributed by atoms with Crippen LogP contribution in [0.1, 0.15) is 42.0 Å². The second kappa shape index (κ2) is 5.62. The van der Waals surface area contributed by atoms with Gasteiger partial charge in [-0.05, 0) is 24.5 Å². The lowest BCUT2D eigenvalue weighted by Gasteiger charge is -2.26. The van der Waals surface area contributed by atoms with E-state index in [1.807, 2.05) is 0 Å². The van der Waals surface area contributed by atoms with Gasteiger partial charge in [0, 0.05) is 24.1 Å². The minimum Gasteiger partial charge on any atom is -0.278 e. The Kier molecular flexibility index (Phi) is 3.58. The molecule has 1 N–H and O–H groups in total. The summed E-state index contributed by atoms with van der Waals surface area (Å²) < 4.78 is 1.36. The van der Waals surface area contributed by atoms with Gasteiger partial charge >= 0.3 is 0 Å². The molecule has 1 saturated carbocycles. The van der Waals surface area contributed by atoms with E-state index in [0.29, 0.717) is 28.7 Å². The fourth-order valence-electron chi connectivity index (χ4n) is 2.86. The second-order valence-electron chi connectivity index (χ2n) is 5.72. The summed E-state index contributed by atoms with van der Waals surface area (Å²) in [5.41, 5.74) is 2.22. The number of halogens is 2. The van der Waals surface area contributed by atoms with E-state index in [9.17, 15) is 4.79 Å². The van der Waals surface area contributed by atoms with Crippen molar-refractivity contribution in [2.75, 3.05) is 0 Å². The molecule has 0 atom stereocenters. The van der Waals surface area contributed by atoms with Crippen LogP contribution in [-0.4, -0.2) is 24.6 Å². The third-order valence-electron chi connectivity index (χ3n) is 4.28. The maximum absolute atomic E-state index is 12.8. The van der Waals surface area contributed by atoms with Crippen molar-refractivity contribution in [2.45, 2.75) is 31.6 Å². The summed E-state index contributed by atoms with van der Waals surface area (Å²) in [6, 6.07) is 1.74. The topological polar surface area (TPSA) is 75.9 Å². The Morgan fingerprint density at radius 2 is 2.13 bits per heavy atom. The Balaban J connectivity index is 1.84. The van der Waals surface area contributed by atoms with E-state index in [-0.39, 0.29) is 10.7 Å². The molecular weight excluding hydrogens is 337 g/mol. The third-order valence-corrected chi connectivity index (χ3v) is 4.97. The molecule has 0 bridgehead atoms. The van der Waals surface area contributed by atoms with E-state index >= 15 is 0 Å². The van der Waals surface area contributed by atoms with Gasteiger partial charge in [0.05, 0.1) is 10.7 Å². The first-order chi connectivity index (χ1) is 11.1. The smallest absolute Gasteiger partial charge is 0.277 e. The Labute approximate surface area is 141 Å². The van der Waals surface area contributed by atoms with E-state index in [1.54, 1.807) is 12.3 Å². The van der Waals surface area contributed by atoms with Crippen LogP contribution < -0.4 is 5.56 Å². The maximum atomic E-state index is 12.8. The molecule has 1 aliphatic rings. The van der Waals surface area contributed by atoms with Gasteiger partial charge in [-0.2, -0.15) is 4.52 Å². The molecule has 0 spiro atoms. The van der Waals surface area contributed by atoms with Gasteiger partial charge < -0.3 is 0 Å². The maximum Gasteiger partial charge on any atom is 0.277 e. The van der Waals surface area contributed by atoms with E-state index in [4.69, 9.17) is 23.2 Å². The number of hydrogen-bond donors (Lipinski definition) is 1. The minimum absolute atomic E-state index is 0.125. The summed E-state index contributed by atoms with van der Waals surface area (Å²) in [4.78, 5) is 25.5. The van der Waals surface area contributed by atoms with Crippen LogP contribution in [0, 0.1) is 0 Å². The number of aromatic amines is 1. The summed E-state index contributed by atoms with van der Waals surface area (Å²) in [6.07, 6.45) is 6.81. The van der Waals surface area contributed by atoms with Crippen LogP contribution in [0.2, 0.25) is 10.2 Å². The molecule has 6 nitrogen and oxygen atoms in total. The predicted molar refractivity (Wildman–Crippen MR) is 87.3 cm³/mol. The molecule has 4 rings (SSSR count). The van der Waals surface area contributed by atoms with E-state index in [0.717, 1.165) is 24.1 Å². The molecule has 3 aromatic heterocycles. The average Bonchev–Trinajstić information content (AvgIpc) is 2.93. The molecule has 0 aromatic carbocycles. The van der Waals surface area contributed by atoms with E-state index in [2.05, 4.69) is 20.1 Å². The quantitative estimate of drug-likeness (QED) is 0.737. The number of fused-ring (bicyclic) bond motifs is 1. The van der Waals surface area contributed by atoms with Crippen molar-refractivity contribution in [3.05, 3.63) is 55.9 Å². The average molecular weight is 350 g/mol. The van der Waals surface area contributed by atoms with Crippen molar-refractivity contribution >= 4 is 29.0 Å². The lowest BCUT2D eigenvalue weighted by Crippen LogP contribution is -2.26. The summed E-state index contributed by atoms with van der Waals surface area (Å²) in [7, 11) is 0. The molecule has 0 radical (unpaired) electrons. The van der Waals surface area contributed by atoms with Gasteiger partial charge in [0.2, 0.25) is 0 Å². The molecule has 118 valence electrons. The number of hydrogen-bond acceptors (Lipinski definition) is 4. The van der Waals surface area contributed by atoms with Gasteiger partial charge in [0.25, 0.3) is 11.3 Å². The molecule has 1 aliphatic carbocycles. The van der Waals surface area contributed by atoms with Gasteiger partial charge in [0.15, 0.2) is 0 Å². The Morgan fingerprint density at radius 1 is 1.30 bits per heavy atom. The van der Waals surface area contributed by atoms with Gasteiger partial charge in [-0.15, -0.1) is 0 Å². The predicted octanol–water partition coefficient (Wildman–Crippen LogP) is 2.98. The van der Waals surface area contributed by atoms with Crippen LogP contribution in [0.15, 0.2) is 23.4 Å². The molecule has 1 fully saturated rings. The number of aromatic nitrogens is 5. The molecule has 3 aromatic rings. The monoisotopic (exact) mass is 349 g/mol. The molecule has 0 saturated heterocycles. The molecule has 3 heterocycles. The number of nitrogens with zero attached hydrogens (tertiary/aromatic N) is 4. The Bertz CT molecular complexity index is 945. The zero-order valence-corrected chi connectivity index (χ0v) is 13.6. The van der Waals surface area contributed by atoms with Gasteiger partial charge in [-0.1, -0.05) is 29.6 Å². The number of pyridine rings is 1. The van der Waals surface area contributed by atoms with Crippen molar-refractivity contribution in [1.29, 1.82) is 0 Å². The molecular formula is C15H13Cl2N5O. The van der Waals surface area contributed by atoms with Crippen LogP contribution in [0.25, 0.3) is 5.78 Å². The SMILES string of the molecule is O=c1c(Cc2cnc(Cl)c(Cl)c2)c(C2CCC2)nc2nc[nH]n12. The standard InChI is InChI=1S/C15H13Cl2N5O/c16-11-5-8(6-18-13(11)17)4-10-12(9-2-1-3-9)21-15-19-7-20-22(15)14(10)23/h5-7,9H,1-4H2,(H,19,20,21). The van der Waals surface area contributed by atoms with Crippen molar-refractivity contribution in [2.24, 2.45) is 0 Å². The lowest BCUT2D eigenvalue weighted by atomic mass is 9.80. The van der Waals surface area contributed by atoms with Crippen molar-refractivity contribution in [1.82, 2.24) is 24.6 Å². The second-order valence-corrected chi connectivity index (χ2v) is 6.49. The van der Waals surface area contributed by atoms with E-state index < -0.39 is 0 Å². The first-order valence-electron chi connectivity index (χ1n) is 7.38. The largest absolute Gasteiger partial charge is 0.278 e. The minimum atomic E-state index is -0.125.